The van der Waals surface area contributed by atoms with Crippen LogP contribution < -0.4 is 0 Å². The Balaban J connectivity index is 2.26. The Morgan fingerprint density at radius 1 is 1.60 bits per heavy atom. The van der Waals surface area contributed by atoms with Crippen molar-refractivity contribution in [1.82, 2.24) is 0 Å². The molecule has 3 nitrogen and oxygen atoms in total. The summed E-state index contributed by atoms with van der Waals surface area (Å²) >= 11 is 5.01. The molecule has 80 valence electrons. The summed E-state index contributed by atoms with van der Waals surface area (Å²) in [5.41, 5.74) is -0.227. The maximum absolute atomic E-state index is 10.5. The first-order valence-corrected chi connectivity index (χ1v) is 5.99. The molecule has 1 aromatic heterocycles. The molecule has 5 heteroatoms. The number of ether oxygens (including phenoxy) is 1. The molecule has 1 saturated heterocycles. The molecule has 0 amide bonds. The van der Waals surface area contributed by atoms with Crippen molar-refractivity contribution in [3.8, 4) is 0 Å². The van der Waals surface area contributed by atoms with Crippen molar-refractivity contribution in [2.75, 3.05) is 13.2 Å². The van der Waals surface area contributed by atoms with Crippen LogP contribution in [-0.4, -0.2) is 24.3 Å². The summed E-state index contributed by atoms with van der Waals surface area (Å²) in [7, 11) is 0. The predicted molar refractivity (Wildman–Crippen MR) is 61.3 cm³/mol. The van der Waals surface area contributed by atoms with E-state index in [0.29, 0.717) is 13.2 Å². The minimum atomic E-state index is -0.920. The van der Waals surface area contributed by atoms with Gasteiger partial charge in [-0.05, 0) is 28.1 Å². The Kier molecular flexibility index (Phi) is 2.95. The van der Waals surface area contributed by atoms with Gasteiger partial charge in [-0.1, -0.05) is 6.08 Å². The highest BCUT2D eigenvalue weighted by atomic mass is 79.9. The average molecular weight is 289 g/mol. The van der Waals surface area contributed by atoms with Crippen LogP contribution in [0.4, 0.5) is 0 Å². The first kappa shape index (κ1) is 10.9. The molecular weight excluding hydrogens is 280 g/mol. The van der Waals surface area contributed by atoms with Gasteiger partial charge in [0.2, 0.25) is 0 Å². The van der Waals surface area contributed by atoms with E-state index in [9.17, 15) is 4.79 Å². The first-order valence-electron chi connectivity index (χ1n) is 4.38. The van der Waals surface area contributed by atoms with E-state index in [4.69, 9.17) is 9.84 Å². The smallest absolute Gasteiger partial charge is 0.328 e. The Labute approximate surface area is 99.5 Å². The molecule has 0 atom stereocenters. The molecule has 1 N–H and O–H groups in total. The summed E-state index contributed by atoms with van der Waals surface area (Å²) in [6.07, 6.45) is 2.91. The molecule has 0 aromatic carbocycles. The number of carboxylic acids is 1. The van der Waals surface area contributed by atoms with E-state index >= 15 is 0 Å². The van der Waals surface area contributed by atoms with Gasteiger partial charge in [0, 0.05) is 11.0 Å². The zero-order valence-corrected chi connectivity index (χ0v) is 10.2. The van der Waals surface area contributed by atoms with Crippen LogP contribution in [0.1, 0.15) is 4.88 Å². The summed E-state index contributed by atoms with van der Waals surface area (Å²) in [6.45, 7) is 1.12. The van der Waals surface area contributed by atoms with Crippen molar-refractivity contribution < 1.29 is 14.6 Å². The number of hydrogen-bond acceptors (Lipinski definition) is 3. The second-order valence-corrected chi connectivity index (χ2v) is 5.89. The number of aliphatic carboxylic acids is 1. The number of carbonyl (C=O) groups is 1. The summed E-state index contributed by atoms with van der Waals surface area (Å²) in [6, 6.07) is 3.97. The molecule has 1 aliphatic heterocycles. The molecule has 0 unspecified atom stereocenters. The van der Waals surface area contributed by atoms with Crippen LogP contribution in [-0.2, 0) is 14.9 Å². The lowest BCUT2D eigenvalue weighted by Gasteiger charge is -2.38. The molecular formula is C10H9BrO3S. The Bertz CT molecular complexity index is 407. The molecule has 1 fully saturated rings. The van der Waals surface area contributed by atoms with E-state index in [1.54, 1.807) is 17.4 Å². The van der Waals surface area contributed by atoms with E-state index in [-0.39, 0.29) is 5.41 Å². The molecule has 0 aliphatic carbocycles. The van der Waals surface area contributed by atoms with Gasteiger partial charge in [-0.2, -0.15) is 0 Å². The second-order valence-electron chi connectivity index (χ2n) is 3.42. The topological polar surface area (TPSA) is 46.5 Å². The summed E-state index contributed by atoms with van der Waals surface area (Å²) in [4.78, 5) is 11.6. The molecule has 0 saturated carbocycles. The molecule has 2 rings (SSSR count). The summed E-state index contributed by atoms with van der Waals surface area (Å²) in [5, 5.41) is 8.62. The van der Waals surface area contributed by atoms with E-state index in [0.717, 1.165) is 8.66 Å². The fourth-order valence-electron chi connectivity index (χ4n) is 1.46. The van der Waals surface area contributed by atoms with Gasteiger partial charge < -0.3 is 9.84 Å². The zero-order chi connectivity index (χ0) is 10.9. The van der Waals surface area contributed by atoms with Gasteiger partial charge in [-0.25, -0.2) is 4.79 Å². The molecule has 0 bridgehead atoms. The lowest BCUT2D eigenvalue weighted by molar-refractivity contribution is -0.131. The third-order valence-corrected chi connectivity index (χ3v) is 4.17. The molecule has 2 heterocycles. The van der Waals surface area contributed by atoms with Gasteiger partial charge in [-0.15, -0.1) is 11.3 Å². The number of thiophene rings is 1. The minimum absolute atomic E-state index is 0.227. The number of rotatable bonds is 3. The SMILES string of the molecule is O=C(O)/C=C/C1(c2ccc(Br)s2)COC1. The Morgan fingerprint density at radius 3 is 2.73 bits per heavy atom. The molecule has 15 heavy (non-hydrogen) atoms. The third kappa shape index (κ3) is 2.14. The maximum atomic E-state index is 10.5. The van der Waals surface area contributed by atoms with Gasteiger partial charge in [0.15, 0.2) is 0 Å². The Morgan fingerprint density at radius 2 is 2.33 bits per heavy atom. The van der Waals surface area contributed by atoms with Crippen molar-refractivity contribution in [1.29, 1.82) is 0 Å². The Hall–Kier alpha value is -0.650. The lowest BCUT2D eigenvalue weighted by atomic mass is 9.84. The fraction of sp³-hybridized carbons (Fsp3) is 0.300. The summed E-state index contributed by atoms with van der Waals surface area (Å²) in [5.74, 6) is -0.920. The van der Waals surface area contributed by atoms with Crippen LogP contribution in [0.3, 0.4) is 0 Å². The van der Waals surface area contributed by atoms with Gasteiger partial charge in [-0.3, -0.25) is 0 Å². The normalized spacial score (nSPS) is 19.0. The van der Waals surface area contributed by atoms with E-state index < -0.39 is 5.97 Å². The van der Waals surface area contributed by atoms with Crippen molar-refractivity contribution in [3.05, 3.63) is 32.9 Å². The van der Waals surface area contributed by atoms with Crippen LogP contribution in [0.5, 0.6) is 0 Å². The minimum Gasteiger partial charge on any atom is -0.478 e. The number of halogens is 1. The molecule has 0 radical (unpaired) electrons. The van der Waals surface area contributed by atoms with Crippen molar-refractivity contribution in [3.63, 3.8) is 0 Å². The van der Waals surface area contributed by atoms with E-state index in [2.05, 4.69) is 15.9 Å². The molecule has 1 aliphatic rings. The molecule has 1 aromatic rings. The predicted octanol–water partition coefficient (Wildman–Crippen LogP) is 2.42. The molecule has 0 spiro atoms. The first-order chi connectivity index (χ1) is 7.12. The third-order valence-electron chi connectivity index (χ3n) is 2.33. The van der Waals surface area contributed by atoms with Gasteiger partial charge in [0.25, 0.3) is 0 Å². The zero-order valence-electron chi connectivity index (χ0n) is 7.77. The van der Waals surface area contributed by atoms with Crippen LogP contribution in [0.25, 0.3) is 0 Å². The highest BCUT2D eigenvalue weighted by molar-refractivity contribution is 9.11. The lowest BCUT2D eigenvalue weighted by Crippen LogP contribution is -2.44. The van der Waals surface area contributed by atoms with Crippen molar-refractivity contribution >= 4 is 33.2 Å². The van der Waals surface area contributed by atoms with Gasteiger partial charge in [0.05, 0.1) is 22.4 Å². The van der Waals surface area contributed by atoms with Crippen molar-refractivity contribution in [2.24, 2.45) is 0 Å². The highest BCUT2D eigenvalue weighted by Crippen LogP contribution is 2.39. The largest absolute Gasteiger partial charge is 0.478 e. The number of carboxylic acid groups (broad SMARTS) is 1. The van der Waals surface area contributed by atoms with Crippen LogP contribution in [0.15, 0.2) is 28.1 Å². The maximum Gasteiger partial charge on any atom is 0.328 e. The monoisotopic (exact) mass is 288 g/mol. The van der Waals surface area contributed by atoms with Crippen LogP contribution in [0.2, 0.25) is 0 Å². The fourth-order valence-corrected chi connectivity index (χ4v) is 2.98. The second kappa shape index (κ2) is 4.08. The number of hydrogen-bond donors (Lipinski definition) is 1. The van der Waals surface area contributed by atoms with Crippen LogP contribution in [0, 0.1) is 0 Å². The summed E-state index contributed by atoms with van der Waals surface area (Å²) < 4.78 is 6.23. The van der Waals surface area contributed by atoms with E-state index in [1.807, 2.05) is 12.1 Å². The average Bonchev–Trinajstić information content (AvgIpc) is 2.50. The van der Waals surface area contributed by atoms with Gasteiger partial charge in [0.1, 0.15) is 0 Å². The quantitative estimate of drug-likeness (QED) is 0.869. The van der Waals surface area contributed by atoms with E-state index in [1.165, 1.54) is 6.08 Å². The highest BCUT2D eigenvalue weighted by Gasteiger charge is 2.39. The van der Waals surface area contributed by atoms with Crippen LogP contribution >= 0.6 is 27.3 Å². The van der Waals surface area contributed by atoms with Crippen molar-refractivity contribution in [2.45, 2.75) is 5.41 Å². The van der Waals surface area contributed by atoms with Gasteiger partial charge >= 0.3 is 5.97 Å². The standard InChI is InChI=1S/C10H9BrO3S/c11-8-2-1-7(15-8)10(5-14-6-10)4-3-9(12)13/h1-4H,5-6H2,(H,12,13)/b4-3+.